The van der Waals surface area contributed by atoms with E-state index in [1.165, 1.54) is 0 Å². The summed E-state index contributed by atoms with van der Waals surface area (Å²) in [5.41, 5.74) is 6.31. The maximum absolute atomic E-state index is 12.2. The van der Waals surface area contributed by atoms with E-state index in [1.54, 1.807) is 12.1 Å². The number of hydrogen-bond donors (Lipinski definition) is 2. The van der Waals surface area contributed by atoms with Crippen LogP contribution in [0.5, 0.6) is 0 Å². The van der Waals surface area contributed by atoms with Crippen molar-refractivity contribution in [2.45, 2.75) is 52.0 Å². The van der Waals surface area contributed by atoms with Crippen LogP contribution in [0.2, 0.25) is 5.02 Å². The third-order valence-corrected chi connectivity index (χ3v) is 4.37. The largest absolute Gasteiger partial charge is 0.350 e. The third kappa shape index (κ3) is 6.11. The number of nitrogens with two attached hydrogens (primary N) is 1. The zero-order chi connectivity index (χ0) is 19.2. The first-order valence-electron chi connectivity index (χ1n) is 8.91. The summed E-state index contributed by atoms with van der Waals surface area (Å²) >= 11 is 5.88. The van der Waals surface area contributed by atoms with Crippen molar-refractivity contribution in [3.63, 3.8) is 0 Å². The van der Waals surface area contributed by atoms with Crippen LogP contribution >= 0.6 is 11.6 Å². The molecule has 0 spiro atoms. The van der Waals surface area contributed by atoms with Gasteiger partial charge >= 0.3 is 0 Å². The molecule has 1 amide bonds. The maximum atomic E-state index is 12.2. The lowest BCUT2D eigenvalue weighted by molar-refractivity contribution is -0.123. The fourth-order valence-electron chi connectivity index (χ4n) is 2.96. The first-order chi connectivity index (χ1) is 12.3. The number of carbonyl (C=O) groups is 1. The molecule has 0 aliphatic carbocycles. The van der Waals surface area contributed by atoms with Gasteiger partial charge in [-0.3, -0.25) is 4.79 Å². The van der Waals surface area contributed by atoms with E-state index < -0.39 is 0 Å². The van der Waals surface area contributed by atoms with E-state index in [0.717, 1.165) is 12.0 Å². The summed E-state index contributed by atoms with van der Waals surface area (Å²) in [7, 11) is 0. The summed E-state index contributed by atoms with van der Waals surface area (Å²) in [5.74, 6) is 1.50. The molecule has 1 heterocycles. The molecule has 0 aliphatic rings. The highest BCUT2D eigenvalue weighted by molar-refractivity contribution is 6.30. The molecule has 6 nitrogen and oxygen atoms in total. The van der Waals surface area contributed by atoms with Gasteiger partial charge in [0.15, 0.2) is 0 Å². The number of aromatic nitrogens is 2. The zero-order valence-electron chi connectivity index (χ0n) is 15.6. The number of hydrogen-bond acceptors (Lipinski definition) is 5. The van der Waals surface area contributed by atoms with Gasteiger partial charge in [-0.25, -0.2) is 0 Å². The Morgan fingerprint density at radius 3 is 2.65 bits per heavy atom. The molecule has 1 unspecified atom stereocenters. The fourth-order valence-corrected chi connectivity index (χ4v) is 3.08. The van der Waals surface area contributed by atoms with Gasteiger partial charge in [-0.2, -0.15) is 4.98 Å². The van der Waals surface area contributed by atoms with Crippen molar-refractivity contribution in [1.29, 1.82) is 0 Å². The highest BCUT2D eigenvalue weighted by Crippen LogP contribution is 2.19. The van der Waals surface area contributed by atoms with Gasteiger partial charge in [0, 0.05) is 35.5 Å². The number of amides is 1. The predicted octanol–water partition coefficient (Wildman–Crippen LogP) is 3.59. The van der Waals surface area contributed by atoms with Crippen LogP contribution in [0.4, 0.5) is 0 Å². The number of nitrogens with zero attached hydrogens (tertiary/aromatic N) is 2. The van der Waals surface area contributed by atoms with Crippen molar-refractivity contribution in [2.75, 3.05) is 6.54 Å². The Hall–Kier alpha value is -1.92. The molecule has 3 N–H and O–H groups in total. The maximum Gasteiger partial charge on any atom is 0.226 e. The first-order valence-corrected chi connectivity index (χ1v) is 9.29. The average Bonchev–Trinajstić information content (AvgIpc) is 3.03. The monoisotopic (exact) mass is 378 g/mol. The molecular weight excluding hydrogens is 352 g/mol. The molecule has 1 atom stereocenters. The van der Waals surface area contributed by atoms with Crippen LogP contribution in [0.15, 0.2) is 28.8 Å². The van der Waals surface area contributed by atoms with Gasteiger partial charge in [0.25, 0.3) is 0 Å². The quantitative estimate of drug-likeness (QED) is 0.695. The summed E-state index contributed by atoms with van der Waals surface area (Å²) in [4.78, 5) is 16.6. The Kier molecular flexibility index (Phi) is 7.17. The van der Waals surface area contributed by atoms with E-state index in [2.05, 4.69) is 29.3 Å². The molecule has 7 heteroatoms. The molecule has 2 rings (SSSR count). The van der Waals surface area contributed by atoms with E-state index in [1.807, 2.05) is 19.1 Å². The molecule has 26 heavy (non-hydrogen) atoms. The van der Waals surface area contributed by atoms with Crippen LogP contribution in [0.3, 0.4) is 0 Å². The van der Waals surface area contributed by atoms with Crippen molar-refractivity contribution < 1.29 is 9.32 Å². The predicted molar refractivity (Wildman–Crippen MR) is 103 cm³/mol. The standard InChI is InChI=1S/C19H27ClN4O2/c1-13(2)11-19(3,12-21)23-16(25)5-4-6-17-22-18(24-26-17)14-7-9-15(20)10-8-14/h7-10,13H,4-6,11-12,21H2,1-3H3,(H,23,25). The smallest absolute Gasteiger partial charge is 0.226 e. The van der Waals surface area contributed by atoms with Crippen LogP contribution in [-0.4, -0.2) is 28.1 Å². The highest BCUT2D eigenvalue weighted by atomic mass is 35.5. The second-order valence-electron chi connectivity index (χ2n) is 7.28. The SMILES string of the molecule is CC(C)CC(C)(CN)NC(=O)CCCc1nc(-c2ccc(Cl)cc2)no1. The van der Waals surface area contributed by atoms with Gasteiger partial charge < -0.3 is 15.6 Å². The second-order valence-corrected chi connectivity index (χ2v) is 7.72. The molecule has 0 radical (unpaired) electrons. The van der Waals surface area contributed by atoms with Gasteiger partial charge in [0.05, 0.1) is 0 Å². The third-order valence-electron chi connectivity index (χ3n) is 4.12. The highest BCUT2D eigenvalue weighted by Gasteiger charge is 2.25. The summed E-state index contributed by atoms with van der Waals surface area (Å²) < 4.78 is 5.26. The number of halogens is 1. The summed E-state index contributed by atoms with van der Waals surface area (Å²) in [6.45, 7) is 6.65. The number of aryl methyl sites for hydroxylation is 1. The van der Waals surface area contributed by atoms with E-state index in [9.17, 15) is 4.79 Å². The Morgan fingerprint density at radius 1 is 1.35 bits per heavy atom. The lowest BCUT2D eigenvalue weighted by Gasteiger charge is -2.31. The molecule has 0 saturated carbocycles. The van der Waals surface area contributed by atoms with Gasteiger partial charge in [0.2, 0.25) is 17.6 Å². The van der Waals surface area contributed by atoms with Crippen LogP contribution in [-0.2, 0) is 11.2 Å². The Morgan fingerprint density at radius 2 is 2.04 bits per heavy atom. The van der Waals surface area contributed by atoms with Gasteiger partial charge in [-0.05, 0) is 49.9 Å². The number of nitrogens with one attached hydrogen (secondary N) is 1. The van der Waals surface area contributed by atoms with Crippen LogP contribution < -0.4 is 11.1 Å². The molecule has 0 bridgehead atoms. The normalized spacial score (nSPS) is 13.6. The molecule has 0 fully saturated rings. The van der Waals surface area contributed by atoms with Crippen molar-refractivity contribution in [3.8, 4) is 11.4 Å². The number of rotatable bonds is 9. The molecule has 142 valence electrons. The van der Waals surface area contributed by atoms with Gasteiger partial charge in [-0.15, -0.1) is 0 Å². The molecule has 2 aromatic rings. The van der Waals surface area contributed by atoms with E-state index in [4.69, 9.17) is 21.9 Å². The Balaban J connectivity index is 1.82. The van der Waals surface area contributed by atoms with Crippen molar-refractivity contribution >= 4 is 17.5 Å². The summed E-state index contributed by atoms with van der Waals surface area (Å²) in [6.07, 6.45) is 2.43. The second kappa shape index (κ2) is 9.14. The van der Waals surface area contributed by atoms with E-state index in [0.29, 0.717) is 48.5 Å². The number of carbonyl (C=O) groups excluding carboxylic acids is 1. The molecule has 0 saturated heterocycles. The minimum Gasteiger partial charge on any atom is -0.350 e. The molecule has 1 aromatic heterocycles. The van der Waals surface area contributed by atoms with Gasteiger partial charge in [0.1, 0.15) is 0 Å². The Bertz CT molecular complexity index is 715. The van der Waals surface area contributed by atoms with E-state index in [-0.39, 0.29) is 11.4 Å². The van der Waals surface area contributed by atoms with Crippen molar-refractivity contribution in [1.82, 2.24) is 15.5 Å². The lowest BCUT2D eigenvalue weighted by atomic mass is 9.90. The van der Waals surface area contributed by atoms with Crippen LogP contribution in [0, 0.1) is 5.92 Å². The topological polar surface area (TPSA) is 94.0 Å². The van der Waals surface area contributed by atoms with Crippen LogP contribution in [0.25, 0.3) is 11.4 Å². The lowest BCUT2D eigenvalue weighted by Crippen LogP contribution is -2.52. The molecule has 1 aromatic carbocycles. The molecular formula is C19H27ClN4O2. The summed E-state index contributed by atoms with van der Waals surface area (Å²) in [6, 6.07) is 7.24. The number of benzene rings is 1. The van der Waals surface area contributed by atoms with E-state index >= 15 is 0 Å². The minimum absolute atomic E-state index is 0.00367. The van der Waals surface area contributed by atoms with Gasteiger partial charge in [-0.1, -0.05) is 30.6 Å². The molecule has 0 aliphatic heterocycles. The average molecular weight is 379 g/mol. The van der Waals surface area contributed by atoms with Crippen molar-refractivity contribution in [3.05, 3.63) is 35.2 Å². The van der Waals surface area contributed by atoms with Crippen LogP contribution in [0.1, 0.15) is 45.9 Å². The fraction of sp³-hybridized carbons (Fsp3) is 0.526. The minimum atomic E-state index is -0.364. The van der Waals surface area contributed by atoms with Crippen molar-refractivity contribution in [2.24, 2.45) is 11.7 Å². The Labute approximate surface area is 159 Å². The first kappa shape index (κ1) is 20.4. The summed E-state index contributed by atoms with van der Waals surface area (Å²) in [5, 5.41) is 7.68. The zero-order valence-corrected chi connectivity index (χ0v) is 16.3.